The fourth-order valence-corrected chi connectivity index (χ4v) is 1.33. The largest absolute Gasteiger partial charge is 0.461 e. The van der Waals surface area contributed by atoms with Crippen LogP contribution in [0.5, 0.6) is 0 Å². The third-order valence-electron chi connectivity index (χ3n) is 3.12. The Morgan fingerprint density at radius 3 is 2.73 bits per heavy atom. The molecule has 0 radical (unpaired) electrons. The minimum atomic E-state index is -0.794. The highest BCUT2D eigenvalue weighted by Gasteiger charge is 2.47. The van der Waals surface area contributed by atoms with Crippen LogP contribution in [-0.2, 0) is 19.1 Å². The van der Waals surface area contributed by atoms with Gasteiger partial charge in [-0.3, -0.25) is 9.59 Å². The van der Waals surface area contributed by atoms with Crippen molar-refractivity contribution in [3.05, 3.63) is 0 Å². The zero-order valence-corrected chi connectivity index (χ0v) is 9.70. The average Bonchev–Trinajstić information content (AvgIpc) is 2.45. The molecular formula is C11H18O4. The molecule has 1 rings (SSSR count). The quantitative estimate of drug-likeness (QED) is 0.668. The number of carbonyl (C=O) groups is 2. The molecule has 1 aliphatic rings. The molecule has 1 heterocycles. The van der Waals surface area contributed by atoms with Crippen LogP contribution in [0.3, 0.4) is 0 Å². The summed E-state index contributed by atoms with van der Waals surface area (Å²) in [5.41, 5.74) is -0.794. The summed E-state index contributed by atoms with van der Waals surface area (Å²) in [4.78, 5) is 22.8. The van der Waals surface area contributed by atoms with Gasteiger partial charge in [0.1, 0.15) is 6.61 Å². The predicted octanol–water partition coefficient (Wildman–Crippen LogP) is 1.53. The molecular weight excluding hydrogens is 196 g/mol. The molecule has 1 fully saturated rings. The Kier molecular flexibility index (Phi) is 3.37. The molecule has 0 aromatic carbocycles. The van der Waals surface area contributed by atoms with Crippen LogP contribution in [0.25, 0.3) is 0 Å². The molecule has 0 bridgehead atoms. The second kappa shape index (κ2) is 4.21. The SMILES string of the molecule is CCC(C)C(=O)OC1(C)COC(=O)C1C. The van der Waals surface area contributed by atoms with Crippen LogP contribution < -0.4 is 0 Å². The first-order valence-electron chi connectivity index (χ1n) is 5.30. The van der Waals surface area contributed by atoms with Crippen LogP contribution in [0.1, 0.15) is 34.1 Å². The van der Waals surface area contributed by atoms with Gasteiger partial charge in [-0.1, -0.05) is 13.8 Å². The lowest BCUT2D eigenvalue weighted by Gasteiger charge is -2.26. The Morgan fingerprint density at radius 1 is 1.73 bits per heavy atom. The molecule has 0 aromatic rings. The van der Waals surface area contributed by atoms with Crippen LogP contribution in [0.4, 0.5) is 0 Å². The van der Waals surface area contributed by atoms with E-state index in [1.54, 1.807) is 13.8 Å². The zero-order valence-electron chi connectivity index (χ0n) is 9.70. The van der Waals surface area contributed by atoms with Crippen molar-refractivity contribution in [2.75, 3.05) is 6.61 Å². The summed E-state index contributed by atoms with van der Waals surface area (Å²) in [6.07, 6.45) is 0.734. The van der Waals surface area contributed by atoms with Crippen molar-refractivity contribution in [1.29, 1.82) is 0 Å². The molecule has 3 atom stereocenters. The highest BCUT2D eigenvalue weighted by Crippen LogP contribution is 2.30. The lowest BCUT2D eigenvalue weighted by atomic mass is 9.94. The minimum Gasteiger partial charge on any atom is -0.461 e. The van der Waals surface area contributed by atoms with E-state index in [4.69, 9.17) is 9.47 Å². The van der Waals surface area contributed by atoms with E-state index in [2.05, 4.69) is 0 Å². The Morgan fingerprint density at radius 2 is 2.33 bits per heavy atom. The van der Waals surface area contributed by atoms with Crippen LogP contribution in [0, 0.1) is 11.8 Å². The van der Waals surface area contributed by atoms with Crippen molar-refractivity contribution in [2.24, 2.45) is 11.8 Å². The topological polar surface area (TPSA) is 52.6 Å². The van der Waals surface area contributed by atoms with Gasteiger partial charge in [-0.05, 0) is 20.3 Å². The van der Waals surface area contributed by atoms with Gasteiger partial charge in [-0.25, -0.2) is 0 Å². The molecule has 0 amide bonds. The van der Waals surface area contributed by atoms with Crippen molar-refractivity contribution in [1.82, 2.24) is 0 Å². The Hall–Kier alpha value is -1.06. The van der Waals surface area contributed by atoms with Crippen molar-refractivity contribution in [2.45, 2.75) is 39.7 Å². The van der Waals surface area contributed by atoms with Crippen LogP contribution in [0.15, 0.2) is 0 Å². The van der Waals surface area contributed by atoms with Gasteiger partial charge in [0.15, 0.2) is 5.60 Å². The lowest BCUT2D eigenvalue weighted by molar-refractivity contribution is -0.165. The van der Waals surface area contributed by atoms with Gasteiger partial charge in [-0.2, -0.15) is 0 Å². The van der Waals surface area contributed by atoms with E-state index in [9.17, 15) is 9.59 Å². The molecule has 1 aliphatic heterocycles. The standard InChI is InChI=1S/C11H18O4/c1-5-7(2)9(12)15-11(4)6-14-10(13)8(11)3/h7-8H,5-6H2,1-4H3. The predicted molar refractivity (Wildman–Crippen MR) is 54.1 cm³/mol. The summed E-state index contributed by atoms with van der Waals surface area (Å²) in [7, 11) is 0. The molecule has 0 aliphatic carbocycles. The molecule has 1 saturated heterocycles. The molecule has 15 heavy (non-hydrogen) atoms. The van der Waals surface area contributed by atoms with E-state index in [0.717, 1.165) is 6.42 Å². The first-order valence-corrected chi connectivity index (χ1v) is 5.30. The molecule has 86 valence electrons. The first-order chi connectivity index (χ1) is 6.90. The van der Waals surface area contributed by atoms with Gasteiger partial charge in [0.2, 0.25) is 0 Å². The Labute approximate surface area is 89.9 Å². The minimum absolute atomic E-state index is 0.135. The van der Waals surface area contributed by atoms with Crippen LogP contribution in [-0.4, -0.2) is 24.1 Å². The van der Waals surface area contributed by atoms with Crippen LogP contribution >= 0.6 is 0 Å². The van der Waals surface area contributed by atoms with E-state index in [1.165, 1.54) is 0 Å². The zero-order chi connectivity index (χ0) is 11.6. The van der Waals surface area contributed by atoms with Crippen LogP contribution in [0.2, 0.25) is 0 Å². The summed E-state index contributed by atoms with van der Waals surface area (Å²) in [5.74, 6) is -1.07. The second-order valence-electron chi connectivity index (χ2n) is 4.37. The van der Waals surface area contributed by atoms with Gasteiger partial charge in [0, 0.05) is 0 Å². The Bertz CT molecular complexity index is 274. The molecule has 0 aromatic heterocycles. The first kappa shape index (κ1) is 12.0. The van der Waals surface area contributed by atoms with Crippen molar-refractivity contribution < 1.29 is 19.1 Å². The lowest BCUT2D eigenvalue weighted by Crippen LogP contribution is -2.40. The average molecular weight is 214 g/mol. The molecule has 0 N–H and O–H groups in total. The molecule has 4 heteroatoms. The maximum Gasteiger partial charge on any atom is 0.313 e. The fourth-order valence-electron chi connectivity index (χ4n) is 1.33. The van der Waals surface area contributed by atoms with E-state index >= 15 is 0 Å². The molecule has 4 nitrogen and oxygen atoms in total. The highest BCUT2D eigenvalue weighted by molar-refractivity contribution is 5.78. The second-order valence-corrected chi connectivity index (χ2v) is 4.37. The summed E-state index contributed by atoms with van der Waals surface area (Å²) >= 11 is 0. The van der Waals surface area contributed by atoms with Gasteiger partial charge in [0.25, 0.3) is 0 Å². The maximum absolute atomic E-state index is 11.6. The summed E-state index contributed by atoms with van der Waals surface area (Å²) < 4.78 is 10.2. The number of ether oxygens (including phenoxy) is 2. The maximum atomic E-state index is 11.6. The van der Waals surface area contributed by atoms with Gasteiger partial charge in [0.05, 0.1) is 11.8 Å². The fraction of sp³-hybridized carbons (Fsp3) is 0.818. The summed E-state index contributed by atoms with van der Waals surface area (Å²) in [6.45, 7) is 7.36. The number of cyclic esters (lactones) is 1. The van der Waals surface area contributed by atoms with Crippen molar-refractivity contribution >= 4 is 11.9 Å². The highest BCUT2D eigenvalue weighted by atomic mass is 16.6. The van der Waals surface area contributed by atoms with E-state index in [1.807, 2.05) is 13.8 Å². The van der Waals surface area contributed by atoms with E-state index in [-0.39, 0.29) is 30.4 Å². The smallest absolute Gasteiger partial charge is 0.313 e. The molecule has 3 unspecified atom stereocenters. The van der Waals surface area contributed by atoms with E-state index < -0.39 is 5.60 Å². The number of hydrogen-bond acceptors (Lipinski definition) is 4. The van der Waals surface area contributed by atoms with E-state index in [0.29, 0.717) is 0 Å². The van der Waals surface area contributed by atoms with Gasteiger partial charge >= 0.3 is 11.9 Å². The molecule has 0 spiro atoms. The monoisotopic (exact) mass is 214 g/mol. The normalized spacial score (nSPS) is 32.3. The number of hydrogen-bond donors (Lipinski definition) is 0. The third kappa shape index (κ3) is 2.30. The number of carbonyl (C=O) groups excluding carboxylic acids is 2. The van der Waals surface area contributed by atoms with Gasteiger partial charge in [-0.15, -0.1) is 0 Å². The third-order valence-corrected chi connectivity index (χ3v) is 3.12. The molecule has 0 saturated carbocycles. The summed E-state index contributed by atoms with van der Waals surface area (Å²) in [6, 6.07) is 0. The summed E-state index contributed by atoms with van der Waals surface area (Å²) in [5, 5.41) is 0. The van der Waals surface area contributed by atoms with Gasteiger partial charge < -0.3 is 9.47 Å². The number of rotatable bonds is 3. The Balaban J connectivity index is 2.65. The van der Waals surface area contributed by atoms with Crippen molar-refractivity contribution in [3.8, 4) is 0 Å². The van der Waals surface area contributed by atoms with Crippen molar-refractivity contribution in [3.63, 3.8) is 0 Å². The number of esters is 2.